The summed E-state index contributed by atoms with van der Waals surface area (Å²) in [5, 5.41) is 2.79. The largest absolute Gasteiger partial charge is 0.497 e. The fourth-order valence-electron chi connectivity index (χ4n) is 1.76. The summed E-state index contributed by atoms with van der Waals surface area (Å²) in [6, 6.07) is 6.94. The van der Waals surface area contributed by atoms with E-state index < -0.39 is 5.97 Å². The van der Waals surface area contributed by atoms with Gasteiger partial charge in [0.25, 0.3) is 5.91 Å². The van der Waals surface area contributed by atoms with Crippen molar-refractivity contribution in [1.82, 2.24) is 5.32 Å². The highest BCUT2D eigenvalue weighted by atomic mass is 16.6. The van der Waals surface area contributed by atoms with Gasteiger partial charge in [-0.1, -0.05) is 13.8 Å². The Morgan fingerprint density at radius 3 is 2.18 bits per heavy atom. The van der Waals surface area contributed by atoms with Crippen LogP contribution >= 0.6 is 0 Å². The van der Waals surface area contributed by atoms with Crippen LogP contribution in [0.2, 0.25) is 0 Å². The van der Waals surface area contributed by atoms with E-state index in [-0.39, 0.29) is 25.2 Å². The van der Waals surface area contributed by atoms with Gasteiger partial charge in [0.15, 0.2) is 13.2 Å². The smallest absolute Gasteiger partial charge is 0.344 e. The third kappa shape index (κ3) is 6.47. The molecule has 0 aliphatic heterocycles. The lowest BCUT2D eigenvalue weighted by molar-refractivity contribution is -0.150. The van der Waals surface area contributed by atoms with Crippen LogP contribution in [-0.4, -0.2) is 38.2 Å². The molecule has 122 valence electrons. The number of benzene rings is 1. The number of rotatable bonds is 9. The van der Waals surface area contributed by atoms with Crippen LogP contribution in [0, 0.1) is 0 Å². The monoisotopic (exact) mass is 309 g/mol. The van der Waals surface area contributed by atoms with E-state index in [1.165, 1.54) is 0 Å². The van der Waals surface area contributed by atoms with E-state index in [0.717, 1.165) is 12.8 Å². The summed E-state index contributed by atoms with van der Waals surface area (Å²) in [6.07, 6.45) is 1.69. The highest BCUT2D eigenvalue weighted by Gasteiger charge is 2.11. The number of amides is 1. The summed E-state index contributed by atoms with van der Waals surface area (Å²) in [7, 11) is 1.57. The zero-order valence-corrected chi connectivity index (χ0v) is 13.3. The summed E-state index contributed by atoms with van der Waals surface area (Å²) in [4.78, 5) is 23.1. The molecule has 1 aromatic carbocycles. The molecule has 0 aromatic heterocycles. The molecule has 0 saturated carbocycles. The molecular weight excluding hydrogens is 286 g/mol. The van der Waals surface area contributed by atoms with Gasteiger partial charge in [-0.05, 0) is 37.1 Å². The number of methoxy groups -OCH3 is 1. The van der Waals surface area contributed by atoms with Gasteiger partial charge in [0.05, 0.1) is 7.11 Å². The number of ether oxygens (including phenoxy) is 3. The van der Waals surface area contributed by atoms with Gasteiger partial charge in [0.1, 0.15) is 11.5 Å². The van der Waals surface area contributed by atoms with Gasteiger partial charge < -0.3 is 19.5 Å². The van der Waals surface area contributed by atoms with E-state index in [0.29, 0.717) is 11.5 Å². The van der Waals surface area contributed by atoms with E-state index in [1.54, 1.807) is 31.4 Å². The molecule has 6 nitrogen and oxygen atoms in total. The third-order valence-corrected chi connectivity index (χ3v) is 3.13. The predicted octanol–water partition coefficient (Wildman–Crippen LogP) is 1.92. The van der Waals surface area contributed by atoms with Gasteiger partial charge in [-0.25, -0.2) is 4.79 Å². The zero-order chi connectivity index (χ0) is 16.4. The summed E-state index contributed by atoms with van der Waals surface area (Å²) >= 11 is 0. The molecule has 0 spiro atoms. The first kappa shape index (κ1) is 17.8. The van der Waals surface area contributed by atoms with Crippen molar-refractivity contribution in [3.05, 3.63) is 24.3 Å². The standard InChI is InChI=1S/C16H23NO5/c1-4-12(5-2)17-15(18)10-22-16(19)11-21-14-8-6-13(20-3)7-9-14/h6-9,12H,4-5,10-11H2,1-3H3,(H,17,18). The molecule has 1 aromatic rings. The summed E-state index contributed by atoms with van der Waals surface area (Å²) < 4.78 is 15.1. The van der Waals surface area contributed by atoms with Gasteiger partial charge in [-0.15, -0.1) is 0 Å². The average molecular weight is 309 g/mol. The fraction of sp³-hybridized carbons (Fsp3) is 0.500. The zero-order valence-electron chi connectivity index (χ0n) is 13.3. The van der Waals surface area contributed by atoms with E-state index in [1.807, 2.05) is 13.8 Å². The van der Waals surface area contributed by atoms with Crippen LogP contribution in [0.4, 0.5) is 0 Å². The van der Waals surface area contributed by atoms with Crippen molar-refractivity contribution < 1.29 is 23.8 Å². The Morgan fingerprint density at radius 1 is 1.05 bits per heavy atom. The summed E-state index contributed by atoms with van der Waals surface area (Å²) in [6.45, 7) is 3.44. The summed E-state index contributed by atoms with van der Waals surface area (Å²) in [5.74, 6) is 0.342. The van der Waals surface area contributed by atoms with Crippen molar-refractivity contribution in [3.63, 3.8) is 0 Å². The Kier molecular flexibility index (Phi) is 7.81. The Balaban J connectivity index is 2.26. The van der Waals surface area contributed by atoms with E-state index >= 15 is 0 Å². The highest BCUT2D eigenvalue weighted by Crippen LogP contribution is 2.16. The molecule has 6 heteroatoms. The second-order valence-corrected chi connectivity index (χ2v) is 4.71. The first-order valence-electron chi connectivity index (χ1n) is 7.30. The summed E-state index contributed by atoms with van der Waals surface area (Å²) in [5.41, 5.74) is 0. The predicted molar refractivity (Wildman–Crippen MR) is 82.0 cm³/mol. The normalized spacial score (nSPS) is 10.2. The van der Waals surface area contributed by atoms with Crippen molar-refractivity contribution in [1.29, 1.82) is 0 Å². The van der Waals surface area contributed by atoms with Crippen molar-refractivity contribution in [2.75, 3.05) is 20.3 Å². The maximum absolute atomic E-state index is 11.6. The van der Waals surface area contributed by atoms with Crippen LogP contribution < -0.4 is 14.8 Å². The van der Waals surface area contributed by atoms with Crippen molar-refractivity contribution in [2.45, 2.75) is 32.7 Å². The van der Waals surface area contributed by atoms with Crippen LogP contribution in [0.5, 0.6) is 11.5 Å². The molecule has 0 atom stereocenters. The average Bonchev–Trinajstić information content (AvgIpc) is 2.56. The quantitative estimate of drug-likeness (QED) is 0.706. The molecule has 0 fully saturated rings. The molecule has 0 bridgehead atoms. The maximum Gasteiger partial charge on any atom is 0.344 e. The molecule has 1 amide bonds. The molecule has 0 radical (unpaired) electrons. The molecule has 0 saturated heterocycles. The fourth-order valence-corrected chi connectivity index (χ4v) is 1.76. The molecule has 0 unspecified atom stereocenters. The minimum absolute atomic E-state index is 0.113. The third-order valence-electron chi connectivity index (χ3n) is 3.13. The number of hydrogen-bond acceptors (Lipinski definition) is 5. The van der Waals surface area contributed by atoms with Gasteiger partial charge in [-0.2, -0.15) is 0 Å². The van der Waals surface area contributed by atoms with Crippen molar-refractivity contribution >= 4 is 11.9 Å². The number of nitrogens with one attached hydrogen (secondary N) is 1. The van der Waals surface area contributed by atoms with Gasteiger partial charge in [0, 0.05) is 6.04 Å². The molecule has 0 aliphatic carbocycles. The molecule has 22 heavy (non-hydrogen) atoms. The van der Waals surface area contributed by atoms with Gasteiger partial charge >= 0.3 is 5.97 Å². The van der Waals surface area contributed by atoms with Crippen molar-refractivity contribution in [2.24, 2.45) is 0 Å². The van der Waals surface area contributed by atoms with E-state index in [2.05, 4.69) is 5.32 Å². The van der Waals surface area contributed by atoms with E-state index in [4.69, 9.17) is 14.2 Å². The van der Waals surface area contributed by atoms with Crippen LogP contribution in [-0.2, 0) is 14.3 Å². The van der Waals surface area contributed by atoms with Crippen LogP contribution in [0.3, 0.4) is 0 Å². The Morgan fingerprint density at radius 2 is 1.64 bits per heavy atom. The lowest BCUT2D eigenvalue weighted by Gasteiger charge is -2.14. The van der Waals surface area contributed by atoms with Crippen LogP contribution in [0.1, 0.15) is 26.7 Å². The van der Waals surface area contributed by atoms with Gasteiger partial charge in [0.2, 0.25) is 0 Å². The van der Waals surface area contributed by atoms with Crippen molar-refractivity contribution in [3.8, 4) is 11.5 Å². The Hall–Kier alpha value is -2.24. The van der Waals surface area contributed by atoms with Crippen LogP contribution in [0.25, 0.3) is 0 Å². The second kappa shape index (κ2) is 9.65. The van der Waals surface area contributed by atoms with E-state index in [9.17, 15) is 9.59 Å². The Labute approximate surface area is 130 Å². The lowest BCUT2D eigenvalue weighted by Crippen LogP contribution is -2.37. The number of carbonyl (C=O) groups is 2. The first-order chi connectivity index (χ1) is 10.6. The molecular formula is C16H23NO5. The highest BCUT2D eigenvalue weighted by molar-refractivity contribution is 5.81. The lowest BCUT2D eigenvalue weighted by atomic mass is 10.2. The molecule has 1 N–H and O–H groups in total. The maximum atomic E-state index is 11.6. The van der Waals surface area contributed by atoms with Gasteiger partial charge in [-0.3, -0.25) is 4.79 Å². The van der Waals surface area contributed by atoms with Crippen LogP contribution in [0.15, 0.2) is 24.3 Å². The SMILES string of the molecule is CCC(CC)NC(=O)COC(=O)COc1ccc(OC)cc1. The molecule has 0 heterocycles. The minimum atomic E-state index is -0.587. The molecule has 0 aliphatic rings. The Bertz CT molecular complexity index is 468. The minimum Gasteiger partial charge on any atom is -0.497 e. The first-order valence-corrected chi connectivity index (χ1v) is 7.30. The number of hydrogen-bond donors (Lipinski definition) is 1. The molecule has 1 rings (SSSR count). The number of carbonyl (C=O) groups excluding carboxylic acids is 2. The topological polar surface area (TPSA) is 73.9 Å². The number of esters is 1. The second-order valence-electron chi connectivity index (χ2n) is 4.71.